The monoisotopic (exact) mass is 390 g/mol. The third-order valence-electron chi connectivity index (χ3n) is 4.32. The molecular formula is C20H24NO5S+. The second kappa shape index (κ2) is 8.10. The lowest BCUT2D eigenvalue weighted by molar-refractivity contribution is 0.131. The molecule has 1 N–H and O–H groups in total. The van der Waals surface area contributed by atoms with Crippen molar-refractivity contribution in [1.82, 2.24) is 4.98 Å². The van der Waals surface area contributed by atoms with Crippen molar-refractivity contribution < 1.29 is 21.8 Å². The molecule has 0 saturated carbocycles. The van der Waals surface area contributed by atoms with E-state index in [4.69, 9.17) is 14.3 Å². The fourth-order valence-electron chi connectivity index (χ4n) is 3.10. The summed E-state index contributed by atoms with van der Waals surface area (Å²) in [5.41, 5.74) is 1.69. The lowest BCUT2D eigenvalue weighted by Crippen LogP contribution is -2.05. The van der Waals surface area contributed by atoms with E-state index in [1.54, 1.807) is 0 Å². The molecule has 3 aromatic rings. The zero-order chi connectivity index (χ0) is 19.4. The van der Waals surface area contributed by atoms with Gasteiger partial charge in [-0.3, -0.25) is 4.55 Å². The largest absolute Gasteiger partial charge is 0.519 e. The standard InChI is InChI=1S/C20H23NO5S/c1-3-16(25-4-2)14-19-21-20-17-9-6-5-8-15(17)10-11-18(20)26(19)12-7-13-27(22,23)24/h5-6,8-11,14H,3-4,7,12-13H2,1-2H3/p+1. The summed E-state index contributed by atoms with van der Waals surface area (Å²) in [5, 5.41) is 2.12. The Balaban J connectivity index is 2.12. The van der Waals surface area contributed by atoms with Gasteiger partial charge in [0.15, 0.2) is 12.1 Å². The van der Waals surface area contributed by atoms with Gasteiger partial charge in [-0.2, -0.15) is 13.4 Å². The highest BCUT2D eigenvalue weighted by Crippen LogP contribution is 2.32. The predicted molar refractivity (Wildman–Crippen MR) is 107 cm³/mol. The van der Waals surface area contributed by atoms with E-state index in [0.29, 0.717) is 19.1 Å². The molecule has 0 fully saturated rings. The van der Waals surface area contributed by atoms with Gasteiger partial charge in [0.05, 0.1) is 18.4 Å². The van der Waals surface area contributed by atoms with Crippen LogP contribution in [-0.2, 0) is 21.5 Å². The van der Waals surface area contributed by atoms with Crippen molar-refractivity contribution in [3.63, 3.8) is 0 Å². The SMILES string of the molecule is CCOC(=Cc1nc2c3ccccc3ccc2[o+]1CCCS(=O)(=O)O)CC. The van der Waals surface area contributed by atoms with Crippen molar-refractivity contribution in [3.8, 4) is 0 Å². The van der Waals surface area contributed by atoms with Gasteiger partial charge >= 0.3 is 5.89 Å². The Hall–Kier alpha value is -2.38. The molecule has 3 rings (SSSR count). The fraction of sp³-hybridized carbons (Fsp3) is 0.350. The average Bonchev–Trinajstić information content (AvgIpc) is 2.98. The summed E-state index contributed by atoms with van der Waals surface area (Å²) in [6, 6.07) is 12.0. The zero-order valence-electron chi connectivity index (χ0n) is 15.5. The quantitative estimate of drug-likeness (QED) is 0.342. The summed E-state index contributed by atoms with van der Waals surface area (Å²) in [4.78, 5) is 4.78. The highest BCUT2D eigenvalue weighted by Gasteiger charge is 2.21. The van der Waals surface area contributed by atoms with E-state index in [1.807, 2.05) is 56.3 Å². The van der Waals surface area contributed by atoms with E-state index in [9.17, 15) is 8.42 Å². The van der Waals surface area contributed by atoms with Crippen LogP contribution in [0.15, 0.2) is 46.2 Å². The van der Waals surface area contributed by atoms with E-state index < -0.39 is 10.1 Å². The van der Waals surface area contributed by atoms with Gasteiger partial charge in [-0.05, 0) is 18.4 Å². The molecule has 0 bridgehead atoms. The van der Waals surface area contributed by atoms with Crippen LogP contribution in [0.2, 0.25) is 0 Å². The van der Waals surface area contributed by atoms with Crippen LogP contribution in [0.4, 0.5) is 0 Å². The average molecular weight is 390 g/mol. The number of nitrogens with zero attached hydrogens (tertiary/aromatic N) is 1. The first-order valence-electron chi connectivity index (χ1n) is 9.02. The normalized spacial score (nSPS) is 12.8. The van der Waals surface area contributed by atoms with Crippen molar-refractivity contribution in [2.75, 3.05) is 12.4 Å². The summed E-state index contributed by atoms with van der Waals surface area (Å²) in [6.07, 6.45) is 2.86. The Morgan fingerprint density at radius 3 is 2.70 bits per heavy atom. The summed E-state index contributed by atoms with van der Waals surface area (Å²) in [5.74, 6) is 1.14. The molecule has 7 heteroatoms. The molecule has 1 heterocycles. The molecule has 0 amide bonds. The van der Waals surface area contributed by atoms with Crippen LogP contribution >= 0.6 is 0 Å². The molecule has 0 aliphatic heterocycles. The topological polar surface area (TPSA) is 79.2 Å². The van der Waals surface area contributed by atoms with Gasteiger partial charge in [-0.1, -0.05) is 31.2 Å². The predicted octanol–water partition coefficient (Wildman–Crippen LogP) is 4.73. The zero-order valence-corrected chi connectivity index (χ0v) is 16.3. The number of hydrogen-bond donors (Lipinski definition) is 1. The second-order valence-electron chi connectivity index (χ2n) is 6.22. The van der Waals surface area contributed by atoms with Crippen LogP contribution in [-0.4, -0.2) is 30.3 Å². The molecule has 6 nitrogen and oxygen atoms in total. The van der Waals surface area contributed by atoms with Crippen LogP contribution in [0.1, 0.15) is 32.6 Å². The molecule has 0 saturated heterocycles. The Bertz CT molecular complexity index is 1080. The van der Waals surface area contributed by atoms with Crippen molar-refractivity contribution in [3.05, 3.63) is 48.0 Å². The van der Waals surface area contributed by atoms with Gasteiger partial charge in [0.2, 0.25) is 0 Å². The maximum absolute atomic E-state index is 11.1. The van der Waals surface area contributed by atoms with Gasteiger partial charge in [0.1, 0.15) is 5.76 Å². The molecule has 1 aromatic heterocycles. The van der Waals surface area contributed by atoms with Crippen molar-refractivity contribution >= 4 is 38.1 Å². The number of allylic oxidation sites excluding steroid dienone is 1. The highest BCUT2D eigenvalue weighted by atomic mass is 32.2. The van der Waals surface area contributed by atoms with Gasteiger partial charge in [-0.15, -0.1) is 0 Å². The minimum Gasteiger partial charge on any atom is -0.519 e. The fourth-order valence-corrected chi connectivity index (χ4v) is 3.58. The number of rotatable bonds is 8. The van der Waals surface area contributed by atoms with E-state index in [2.05, 4.69) is 4.05 Å². The number of ether oxygens (including phenoxy) is 1. The first kappa shape index (κ1) is 19.4. The lowest BCUT2D eigenvalue weighted by atomic mass is 10.1. The van der Waals surface area contributed by atoms with Crippen LogP contribution < -0.4 is 0 Å². The molecule has 0 atom stereocenters. The van der Waals surface area contributed by atoms with Crippen molar-refractivity contribution in [2.45, 2.75) is 33.3 Å². The molecule has 0 aliphatic carbocycles. The molecule has 144 valence electrons. The van der Waals surface area contributed by atoms with Crippen LogP contribution in [0.25, 0.3) is 27.9 Å². The second-order valence-corrected chi connectivity index (χ2v) is 7.79. The van der Waals surface area contributed by atoms with Gasteiger partial charge in [0.25, 0.3) is 15.7 Å². The van der Waals surface area contributed by atoms with E-state index in [-0.39, 0.29) is 12.2 Å². The van der Waals surface area contributed by atoms with Crippen molar-refractivity contribution in [1.29, 1.82) is 0 Å². The Morgan fingerprint density at radius 1 is 1.22 bits per heavy atom. The summed E-state index contributed by atoms with van der Waals surface area (Å²) in [6.45, 7) is 4.85. The molecule has 0 radical (unpaired) electrons. The third-order valence-corrected chi connectivity index (χ3v) is 5.12. The Labute approximate surface area is 158 Å². The minimum absolute atomic E-state index is 0.263. The van der Waals surface area contributed by atoms with Gasteiger partial charge in [0, 0.05) is 24.3 Å². The Kier molecular flexibility index (Phi) is 5.82. The number of fused-ring (bicyclic) bond motifs is 3. The first-order chi connectivity index (χ1) is 12.9. The number of aryl methyl sites for hydroxylation is 1. The molecule has 2 aromatic carbocycles. The highest BCUT2D eigenvalue weighted by molar-refractivity contribution is 7.85. The smallest absolute Gasteiger partial charge is 0.368 e. The van der Waals surface area contributed by atoms with Crippen LogP contribution in [0.3, 0.4) is 0 Å². The molecular weight excluding hydrogens is 366 g/mol. The first-order valence-corrected chi connectivity index (χ1v) is 10.6. The van der Waals surface area contributed by atoms with Crippen LogP contribution in [0, 0.1) is 0 Å². The number of oxazole rings is 1. The van der Waals surface area contributed by atoms with Crippen molar-refractivity contribution in [2.24, 2.45) is 0 Å². The maximum atomic E-state index is 11.1. The number of aromatic nitrogens is 1. The van der Waals surface area contributed by atoms with Gasteiger partial charge < -0.3 is 8.78 Å². The Morgan fingerprint density at radius 2 is 2.00 bits per heavy atom. The third kappa shape index (κ3) is 4.48. The molecule has 27 heavy (non-hydrogen) atoms. The summed E-state index contributed by atoms with van der Waals surface area (Å²) >= 11 is 0. The van der Waals surface area contributed by atoms with Gasteiger partial charge in [-0.25, -0.2) is 0 Å². The summed E-state index contributed by atoms with van der Waals surface area (Å²) < 4.78 is 39.8. The van der Waals surface area contributed by atoms with E-state index in [0.717, 1.165) is 34.1 Å². The number of hydrogen-bond acceptors (Lipinski definition) is 4. The molecule has 0 aliphatic rings. The number of benzene rings is 2. The van der Waals surface area contributed by atoms with E-state index >= 15 is 0 Å². The van der Waals surface area contributed by atoms with Crippen LogP contribution in [0.5, 0.6) is 0 Å². The molecule has 0 unspecified atom stereocenters. The minimum atomic E-state index is -4.00. The summed E-state index contributed by atoms with van der Waals surface area (Å²) in [7, 11) is -4.00. The molecule has 0 spiro atoms. The lowest BCUT2D eigenvalue weighted by Gasteiger charge is -2.07. The maximum Gasteiger partial charge on any atom is 0.368 e. The van der Waals surface area contributed by atoms with E-state index in [1.165, 1.54) is 0 Å².